The predicted octanol–water partition coefficient (Wildman–Crippen LogP) is 6.31. The summed E-state index contributed by atoms with van der Waals surface area (Å²) < 4.78 is 19.0. The van der Waals surface area contributed by atoms with Gasteiger partial charge in [-0.05, 0) is 70.4 Å². The SMILES string of the molecule is O=c1[nH]c(C=Cc2ccc(/C(=C(\c3ccccc3)C3CCC3)c3ccc4n[nH]c(F)c4c3)cc2)no1. The monoisotopic (exact) mass is 478 g/mol. The average molecular weight is 479 g/mol. The zero-order valence-corrected chi connectivity index (χ0v) is 19.4. The molecule has 2 N–H and O–H groups in total. The fourth-order valence-electron chi connectivity index (χ4n) is 4.76. The minimum atomic E-state index is -0.588. The Balaban J connectivity index is 1.50. The maximum absolute atomic E-state index is 14.5. The topological polar surface area (TPSA) is 87.6 Å². The van der Waals surface area contributed by atoms with E-state index in [2.05, 4.69) is 61.3 Å². The number of benzene rings is 3. The normalized spacial score (nSPS) is 14.8. The summed E-state index contributed by atoms with van der Waals surface area (Å²) in [6.07, 6.45) is 7.02. The van der Waals surface area contributed by atoms with Gasteiger partial charge in [0, 0.05) is 0 Å². The van der Waals surface area contributed by atoms with E-state index in [-0.39, 0.29) is 0 Å². The number of aromatic amines is 2. The van der Waals surface area contributed by atoms with E-state index in [0.717, 1.165) is 35.1 Å². The van der Waals surface area contributed by atoms with Gasteiger partial charge >= 0.3 is 5.76 Å². The first-order chi connectivity index (χ1) is 17.7. The third-order valence-electron chi connectivity index (χ3n) is 6.75. The van der Waals surface area contributed by atoms with Crippen LogP contribution >= 0.6 is 0 Å². The van der Waals surface area contributed by atoms with Crippen LogP contribution in [0, 0.1) is 11.9 Å². The zero-order chi connectivity index (χ0) is 24.5. The smallest absolute Gasteiger partial charge is 0.296 e. The van der Waals surface area contributed by atoms with Gasteiger partial charge in [-0.1, -0.05) is 78.3 Å². The van der Waals surface area contributed by atoms with E-state index in [0.29, 0.717) is 22.6 Å². The lowest BCUT2D eigenvalue weighted by atomic mass is 9.73. The highest BCUT2D eigenvalue weighted by Gasteiger charge is 2.27. The number of hydrogen-bond acceptors (Lipinski definition) is 4. The first kappa shape index (κ1) is 22.0. The van der Waals surface area contributed by atoms with Gasteiger partial charge in [-0.25, -0.2) is 4.79 Å². The van der Waals surface area contributed by atoms with Gasteiger partial charge in [0.05, 0.1) is 10.9 Å². The molecule has 0 bridgehead atoms. The van der Waals surface area contributed by atoms with Crippen molar-refractivity contribution in [3.8, 4) is 0 Å². The number of H-pyrrole nitrogens is 2. The Morgan fingerprint density at radius 1 is 0.944 bits per heavy atom. The molecular weight excluding hydrogens is 455 g/mol. The van der Waals surface area contributed by atoms with Crippen molar-refractivity contribution in [2.24, 2.45) is 5.92 Å². The van der Waals surface area contributed by atoms with Gasteiger partial charge in [-0.15, -0.1) is 0 Å². The predicted molar refractivity (Wildman–Crippen MR) is 138 cm³/mol. The largest absolute Gasteiger partial charge is 0.439 e. The van der Waals surface area contributed by atoms with Crippen LogP contribution < -0.4 is 5.76 Å². The van der Waals surface area contributed by atoms with Crippen LogP contribution in [-0.2, 0) is 0 Å². The van der Waals surface area contributed by atoms with Gasteiger partial charge in [0.2, 0.25) is 5.95 Å². The van der Waals surface area contributed by atoms with Crippen molar-refractivity contribution >= 4 is 34.2 Å². The number of rotatable bonds is 6. The highest BCUT2D eigenvalue weighted by atomic mass is 19.1. The molecule has 36 heavy (non-hydrogen) atoms. The Hall–Kier alpha value is -4.52. The molecule has 3 aromatic carbocycles. The summed E-state index contributed by atoms with van der Waals surface area (Å²) >= 11 is 0. The molecule has 7 heteroatoms. The van der Waals surface area contributed by atoms with Crippen molar-refractivity contribution in [1.82, 2.24) is 20.3 Å². The second-order valence-corrected chi connectivity index (χ2v) is 8.99. The second kappa shape index (κ2) is 9.26. The van der Waals surface area contributed by atoms with Crippen molar-refractivity contribution in [2.45, 2.75) is 19.3 Å². The molecule has 0 saturated heterocycles. The van der Waals surface area contributed by atoms with Crippen molar-refractivity contribution < 1.29 is 8.91 Å². The fourth-order valence-corrected chi connectivity index (χ4v) is 4.76. The fraction of sp³-hybridized carbons (Fsp3) is 0.138. The molecule has 0 unspecified atom stereocenters. The lowest BCUT2D eigenvalue weighted by Crippen LogP contribution is -2.15. The minimum absolute atomic E-state index is 0.358. The number of nitrogens with zero attached hydrogens (tertiary/aromatic N) is 2. The number of aromatic nitrogens is 4. The zero-order valence-electron chi connectivity index (χ0n) is 19.4. The number of fused-ring (bicyclic) bond motifs is 1. The second-order valence-electron chi connectivity index (χ2n) is 8.99. The molecule has 2 aromatic heterocycles. The molecule has 1 aliphatic carbocycles. The summed E-state index contributed by atoms with van der Waals surface area (Å²) in [6.45, 7) is 0. The van der Waals surface area contributed by atoms with Crippen LogP contribution in [0.1, 0.15) is 47.3 Å². The van der Waals surface area contributed by atoms with Crippen molar-refractivity contribution in [2.75, 3.05) is 0 Å². The van der Waals surface area contributed by atoms with Crippen LogP contribution in [0.4, 0.5) is 4.39 Å². The molecule has 0 aliphatic heterocycles. The van der Waals surface area contributed by atoms with E-state index in [1.165, 1.54) is 17.6 Å². The summed E-state index contributed by atoms with van der Waals surface area (Å²) in [5.74, 6) is -0.218. The first-order valence-corrected chi connectivity index (χ1v) is 11.9. The Bertz CT molecular complexity index is 1640. The van der Waals surface area contributed by atoms with E-state index in [1.54, 1.807) is 6.08 Å². The standard InChI is InChI=1S/C29H23FN4O2/c30-28-23-17-22(14-15-24(23)32-33-28)27(26(20-7-4-8-20)19-5-2-1-3-6-19)21-12-9-18(10-13-21)11-16-25-31-29(35)36-34-25/h1-3,5-6,9-17,20H,4,7-8H2,(H,32,33)(H,31,34,35)/b16-11?,27-26-. The molecule has 6 rings (SSSR count). The number of nitrogens with one attached hydrogen (secondary N) is 2. The maximum Gasteiger partial charge on any atom is 0.439 e. The molecule has 0 amide bonds. The molecule has 0 atom stereocenters. The lowest BCUT2D eigenvalue weighted by Gasteiger charge is -2.31. The van der Waals surface area contributed by atoms with Crippen LogP contribution in [-0.4, -0.2) is 20.3 Å². The molecular formula is C29H23FN4O2. The lowest BCUT2D eigenvalue weighted by molar-refractivity contribution is 0.385. The van der Waals surface area contributed by atoms with E-state index in [4.69, 9.17) is 0 Å². The Labute approximate surface area is 206 Å². The Morgan fingerprint density at radius 3 is 2.42 bits per heavy atom. The third-order valence-corrected chi connectivity index (χ3v) is 6.75. The summed E-state index contributed by atoms with van der Waals surface area (Å²) in [6, 6.07) is 24.4. The third kappa shape index (κ3) is 4.20. The minimum Gasteiger partial charge on any atom is -0.296 e. The Morgan fingerprint density at radius 2 is 1.72 bits per heavy atom. The molecule has 1 fully saturated rings. The quantitative estimate of drug-likeness (QED) is 0.280. The summed E-state index contributed by atoms with van der Waals surface area (Å²) in [4.78, 5) is 13.7. The van der Waals surface area contributed by atoms with Crippen LogP contribution in [0.5, 0.6) is 0 Å². The molecule has 1 saturated carbocycles. The molecule has 2 heterocycles. The summed E-state index contributed by atoms with van der Waals surface area (Å²) in [5.41, 5.74) is 7.13. The van der Waals surface area contributed by atoms with Crippen LogP contribution in [0.15, 0.2) is 82.1 Å². The van der Waals surface area contributed by atoms with Crippen LogP contribution in [0.2, 0.25) is 0 Å². The van der Waals surface area contributed by atoms with Gasteiger partial charge in [0.15, 0.2) is 5.82 Å². The van der Waals surface area contributed by atoms with Gasteiger partial charge in [0.1, 0.15) is 0 Å². The summed E-state index contributed by atoms with van der Waals surface area (Å²) in [5, 5.41) is 10.6. The first-order valence-electron chi connectivity index (χ1n) is 11.9. The molecule has 5 aromatic rings. The van der Waals surface area contributed by atoms with Crippen LogP contribution in [0.3, 0.4) is 0 Å². The van der Waals surface area contributed by atoms with E-state index >= 15 is 0 Å². The van der Waals surface area contributed by atoms with Crippen molar-refractivity contribution in [3.05, 3.63) is 117 Å². The van der Waals surface area contributed by atoms with Gasteiger partial charge < -0.3 is 0 Å². The highest BCUT2D eigenvalue weighted by Crippen LogP contribution is 2.45. The maximum atomic E-state index is 14.5. The summed E-state index contributed by atoms with van der Waals surface area (Å²) in [7, 11) is 0. The van der Waals surface area contributed by atoms with Gasteiger partial charge in [0.25, 0.3) is 0 Å². The van der Waals surface area contributed by atoms with Gasteiger partial charge in [-0.3, -0.25) is 14.6 Å². The van der Waals surface area contributed by atoms with Crippen LogP contribution in [0.25, 0.3) is 34.2 Å². The highest BCUT2D eigenvalue weighted by molar-refractivity contribution is 6.01. The molecule has 6 nitrogen and oxygen atoms in total. The number of halogens is 1. The number of allylic oxidation sites excluding steroid dienone is 1. The molecule has 0 radical (unpaired) electrons. The van der Waals surface area contributed by atoms with Crippen molar-refractivity contribution in [1.29, 1.82) is 0 Å². The van der Waals surface area contributed by atoms with Crippen molar-refractivity contribution in [3.63, 3.8) is 0 Å². The van der Waals surface area contributed by atoms with Gasteiger partial charge in [-0.2, -0.15) is 9.49 Å². The molecule has 0 spiro atoms. The Kier molecular flexibility index (Phi) is 5.65. The van der Waals surface area contributed by atoms with E-state index in [9.17, 15) is 9.18 Å². The molecule has 1 aliphatic rings. The molecule has 178 valence electrons. The van der Waals surface area contributed by atoms with E-state index in [1.807, 2.05) is 42.5 Å². The van der Waals surface area contributed by atoms with E-state index < -0.39 is 11.7 Å². The average Bonchev–Trinajstić information content (AvgIpc) is 3.47. The number of hydrogen-bond donors (Lipinski definition) is 2.